The van der Waals surface area contributed by atoms with Crippen molar-refractivity contribution < 1.29 is 53.1 Å². The van der Waals surface area contributed by atoms with Crippen LogP contribution in [-0.2, 0) is 47.9 Å². The van der Waals surface area contributed by atoms with Crippen molar-refractivity contribution in [1.82, 2.24) is 42.5 Å². The molecule has 0 saturated heterocycles. The van der Waals surface area contributed by atoms with E-state index >= 15 is 0 Å². The standard InChI is InChI=1S/C45H84N12O11S/c1-10-26(6)35(49)43(65)55-32(19-22-69-9)41(63)54-30(16-12-14-21-47)42(64)57-36(25(4)5)44(66)51-28(8)38(60)53-31(17-18-34(48)58)39(61)50-27(7)37(59)52-29(15-11-13-20-46)40(62)56-33(45(67)68)23-24(2)3/h24-33,35-36H,10-23,46-47,49H2,1-9H3,(H2,48,58)(H,50,61)(H,51,66)(H,52,59)(H,53,60)(H,54,63)(H,55,65)(H,56,62)(H,57,64)(H,67,68)/t26-,27-,28-,29-,30-,31-,32-,33-,35-,36-/m0/s1. The van der Waals surface area contributed by atoms with Crippen LogP contribution in [0.1, 0.15) is 126 Å². The zero-order chi connectivity index (χ0) is 53.0. The molecule has 69 heavy (non-hydrogen) atoms. The maximum atomic E-state index is 13.9. The SMILES string of the molecule is CC[C@H](C)[C@H](N)C(=O)N[C@@H](CCSC)C(=O)N[C@@H](CCCCN)C(=O)N[C@H](C(=O)N[C@@H](C)C(=O)N[C@@H](CCC(N)=O)C(=O)N[C@@H](C)C(=O)N[C@@H](CCCCN)C(=O)N[C@@H](CC(C)C)C(=O)O)C(C)C. The first-order valence-electron chi connectivity index (χ1n) is 23.9. The van der Waals surface area contributed by atoms with Gasteiger partial charge in [-0.15, -0.1) is 0 Å². The molecule has 0 fully saturated rings. The van der Waals surface area contributed by atoms with Crippen LogP contribution in [0.2, 0.25) is 0 Å². The van der Waals surface area contributed by atoms with Crippen LogP contribution in [0.3, 0.4) is 0 Å². The lowest BCUT2D eigenvalue weighted by atomic mass is 9.99. The molecule has 24 heteroatoms. The third-order valence-electron chi connectivity index (χ3n) is 11.3. The second kappa shape index (κ2) is 34.3. The average molecular weight is 1000 g/mol. The molecular formula is C45H84N12O11S. The van der Waals surface area contributed by atoms with Crippen LogP contribution in [0, 0.1) is 17.8 Å². The number of hydrogen-bond acceptors (Lipinski definition) is 14. The molecule has 0 aromatic carbocycles. The van der Waals surface area contributed by atoms with Gasteiger partial charge in [-0.3, -0.25) is 43.2 Å². The van der Waals surface area contributed by atoms with E-state index in [2.05, 4.69) is 42.5 Å². The average Bonchev–Trinajstić information content (AvgIpc) is 3.28. The number of carbonyl (C=O) groups is 10. The van der Waals surface area contributed by atoms with Crippen molar-refractivity contribution in [2.45, 2.75) is 180 Å². The predicted molar refractivity (Wildman–Crippen MR) is 263 cm³/mol. The van der Waals surface area contributed by atoms with Crippen molar-refractivity contribution in [2.75, 3.05) is 25.1 Å². The molecule has 9 amide bonds. The first kappa shape index (κ1) is 63.9. The number of carboxylic acids is 1. The van der Waals surface area contributed by atoms with Gasteiger partial charge in [0.05, 0.1) is 6.04 Å². The number of hydrogen-bond donors (Lipinski definition) is 13. The third kappa shape index (κ3) is 25.4. The molecule has 17 N–H and O–H groups in total. The monoisotopic (exact) mass is 1000 g/mol. The maximum Gasteiger partial charge on any atom is 0.326 e. The fraction of sp³-hybridized carbons (Fsp3) is 0.778. The van der Waals surface area contributed by atoms with Crippen LogP contribution in [-0.4, -0.2) is 144 Å². The lowest BCUT2D eigenvalue weighted by Crippen LogP contribution is -2.60. The second-order valence-electron chi connectivity index (χ2n) is 18.2. The number of rotatable bonds is 36. The van der Waals surface area contributed by atoms with Crippen LogP contribution >= 0.6 is 11.8 Å². The summed E-state index contributed by atoms with van der Waals surface area (Å²) < 4.78 is 0. The Balaban J connectivity index is 6.14. The van der Waals surface area contributed by atoms with Crippen LogP contribution < -0.4 is 65.5 Å². The predicted octanol–water partition coefficient (Wildman–Crippen LogP) is -1.66. The third-order valence-corrected chi connectivity index (χ3v) is 12.0. The molecule has 0 aliphatic heterocycles. The van der Waals surface area contributed by atoms with Gasteiger partial charge in [-0.1, -0.05) is 48.0 Å². The molecule has 0 heterocycles. The highest BCUT2D eigenvalue weighted by molar-refractivity contribution is 7.98. The number of nitrogens with two attached hydrogens (primary N) is 4. The molecule has 0 radical (unpaired) electrons. The topological polar surface area (TPSA) is 391 Å². The summed E-state index contributed by atoms with van der Waals surface area (Å²) in [6, 6.07) is -10.7. The fourth-order valence-electron chi connectivity index (χ4n) is 6.73. The minimum absolute atomic E-state index is 0.0617. The number of thioether (sulfide) groups is 1. The van der Waals surface area contributed by atoms with Gasteiger partial charge in [-0.2, -0.15) is 11.8 Å². The number of unbranched alkanes of at least 4 members (excludes halogenated alkanes) is 2. The summed E-state index contributed by atoms with van der Waals surface area (Å²) in [6.45, 7) is 13.9. The molecular weight excluding hydrogens is 917 g/mol. The van der Waals surface area contributed by atoms with Gasteiger partial charge in [0, 0.05) is 6.42 Å². The number of carboxylic acid groups (broad SMARTS) is 1. The largest absolute Gasteiger partial charge is 0.480 e. The molecule has 0 unspecified atom stereocenters. The first-order valence-corrected chi connectivity index (χ1v) is 25.3. The van der Waals surface area contributed by atoms with Gasteiger partial charge in [-0.25, -0.2) is 4.79 Å². The van der Waals surface area contributed by atoms with E-state index in [1.807, 2.05) is 20.1 Å². The summed E-state index contributed by atoms with van der Waals surface area (Å²) in [5, 5.41) is 30.3. The van der Waals surface area contributed by atoms with E-state index in [4.69, 9.17) is 22.9 Å². The van der Waals surface area contributed by atoms with Gasteiger partial charge in [0.25, 0.3) is 0 Å². The van der Waals surface area contributed by atoms with Crippen LogP contribution in [0.4, 0.5) is 0 Å². The second-order valence-corrected chi connectivity index (χ2v) is 19.2. The van der Waals surface area contributed by atoms with Crippen LogP contribution in [0.15, 0.2) is 0 Å². The van der Waals surface area contributed by atoms with Crippen molar-refractivity contribution in [3.63, 3.8) is 0 Å². The van der Waals surface area contributed by atoms with Crippen molar-refractivity contribution >= 4 is 70.9 Å². The lowest BCUT2D eigenvalue weighted by Gasteiger charge is -2.28. The number of carbonyl (C=O) groups excluding carboxylic acids is 9. The number of nitrogens with one attached hydrogen (secondary N) is 8. The zero-order valence-corrected chi connectivity index (χ0v) is 42.9. The summed E-state index contributed by atoms with van der Waals surface area (Å²) in [7, 11) is 0. The summed E-state index contributed by atoms with van der Waals surface area (Å²) in [5.41, 5.74) is 22.8. The minimum atomic E-state index is -1.44. The van der Waals surface area contributed by atoms with E-state index in [9.17, 15) is 53.1 Å². The molecule has 0 aliphatic rings. The van der Waals surface area contributed by atoms with Gasteiger partial charge in [0.2, 0.25) is 53.2 Å². The van der Waals surface area contributed by atoms with Gasteiger partial charge in [-0.05, 0) is 114 Å². The molecule has 0 aromatic heterocycles. The Morgan fingerprint density at radius 2 is 0.928 bits per heavy atom. The molecule has 0 bridgehead atoms. The number of amides is 9. The van der Waals surface area contributed by atoms with Crippen molar-refractivity contribution in [3.05, 3.63) is 0 Å². The first-order chi connectivity index (χ1) is 32.3. The Labute approximate surface area is 411 Å². The lowest BCUT2D eigenvalue weighted by molar-refractivity contribution is -0.143. The molecule has 0 aromatic rings. The van der Waals surface area contributed by atoms with Gasteiger partial charge < -0.3 is 70.6 Å². The summed E-state index contributed by atoms with van der Waals surface area (Å²) >= 11 is 1.47. The van der Waals surface area contributed by atoms with E-state index in [1.165, 1.54) is 25.6 Å². The van der Waals surface area contributed by atoms with Gasteiger partial charge >= 0.3 is 5.97 Å². The van der Waals surface area contributed by atoms with Gasteiger partial charge in [0.15, 0.2) is 0 Å². The number of primary amides is 1. The Hall–Kier alpha value is -5.07. The van der Waals surface area contributed by atoms with Crippen molar-refractivity contribution in [2.24, 2.45) is 40.7 Å². The maximum absolute atomic E-state index is 13.9. The molecule has 0 rings (SSSR count). The molecule has 0 spiro atoms. The van der Waals surface area contributed by atoms with Crippen LogP contribution in [0.5, 0.6) is 0 Å². The summed E-state index contributed by atoms with van der Waals surface area (Å²) in [6.07, 6.45) is 4.42. The molecule has 23 nitrogen and oxygen atoms in total. The van der Waals surface area contributed by atoms with E-state index in [-0.39, 0.29) is 50.4 Å². The fourth-order valence-corrected chi connectivity index (χ4v) is 7.20. The van der Waals surface area contributed by atoms with Crippen molar-refractivity contribution in [1.29, 1.82) is 0 Å². The minimum Gasteiger partial charge on any atom is -0.480 e. The Bertz CT molecular complexity index is 1690. The zero-order valence-electron chi connectivity index (χ0n) is 42.1. The summed E-state index contributed by atoms with van der Waals surface area (Å²) in [4.78, 5) is 131. The highest BCUT2D eigenvalue weighted by atomic mass is 32.2. The van der Waals surface area contributed by atoms with E-state index in [1.54, 1.807) is 27.7 Å². The summed E-state index contributed by atoms with van der Waals surface area (Å²) in [5.74, 6) is -8.16. The normalized spacial score (nSPS) is 15.6. The highest BCUT2D eigenvalue weighted by Gasteiger charge is 2.35. The Morgan fingerprint density at radius 3 is 1.35 bits per heavy atom. The molecule has 10 atom stereocenters. The molecule has 396 valence electrons. The smallest absolute Gasteiger partial charge is 0.326 e. The molecule has 0 saturated carbocycles. The highest BCUT2D eigenvalue weighted by Crippen LogP contribution is 2.12. The molecule has 0 aliphatic carbocycles. The van der Waals surface area contributed by atoms with E-state index in [0.717, 1.165) is 0 Å². The Morgan fingerprint density at radius 1 is 0.522 bits per heavy atom. The Kier molecular flexibility index (Phi) is 31.7. The van der Waals surface area contributed by atoms with E-state index < -0.39 is 119 Å². The van der Waals surface area contributed by atoms with Gasteiger partial charge in [0.1, 0.15) is 48.3 Å². The quantitative estimate of drug-likeness (QED) is 0.0313. The van der Waals surface area contributed by atoms with Crippen LogP contribution in [0.25, 0.3) is 0 Å². The van der Waals surface area contributed by atoms with E-state index in [0.29, 0.717) is 50.9 Å². The van der Waals surface area contributed by atoms with Crippen molar-refractivity contribution in [3.8, 4) is 0 Å². The number of aliphatic carboxylic acids is 1.